The summed E-state index contributed by atoms with van der Waals surface area (Å²) >= 11 is 0. The standard InChI is InChI=1S/C19H20F3NO4/c1-10(2)17(12-5-4-6-13(7-12)19(20,21)22)23-18(26)16-11(3)9-27-14(16)8-15(24)25/h4-7,9-10,17H,8H2,1-3H3,(H,23,26)(H,24,25). The van der Waals surface area contributed by atoms with Gasteiger partial charge in [-0.15, -0.1) is 0 Å². The van der Waals surface area contributed by atoms with Gasteiger partial charge in [-0.3, -0.25) is 9.59 Å². The first-order valence-electron chi connectivity index (χ1n) is 8.27. The summed E-state index contributed by atoms with van der Waals surface area (Å²) in [7, 11) is 0. The Bertz CT molecular complexity index is 840. The fourth-order valence-electron chi connectivity index (χ4n) is 2.83. The van der Waals surface area contributed by atoms with Crippen molar-refractivity contribution in [3.63, 3.8) is 0 Å². The maximum absolute atomic E-state index is 13.0. The van der Waals surface area contributed by atoms with E-state index < -0.39 is 36.1 Å². The molecule has 0 spiro atoms. The van der Waals surface area contributed by atoms with Crippen molar-refractivity contribution in [2.24, 2.45) is 5.92 Å². The van der Waals surface area contributed by atoms with E-state index in [9.17, 15) is 22.8 Å². The van der Waals surface area contributed by atoms with Crippen LogP contribution in [-0.2, 0) is 17.4 Å². The number of hydrogen-bond donors (Lipinski definition) is 2. The lowest BCUT2D eigenvalue weighted by Crippen LogP contribution is -2.32. The van der Waals surface area contributed by atoms with E-state index in [4.69, 9.17) is 9.52 Å². The van der Waals surface area contributed by atoms with Gasteiger partial charge in [0.1, 0.15) is 12.2 Å². The normalized spacial score (nSPS) is 12.9. The van der Waals surface area contributed by atoms with Crippen molar-refractivity contribution in [3.05, 3.63) is 58.5 Å². The summed E-state index contributed by atoms with van der Waals surface area (Å²) in [4.78, 5) is 23.7. The molecule has 0 radical (unpaired) electrons. The highest BCUT2D eigenvalue weighted by Crippen LogP contribution is 2.32. The Morgan fingerprint density at radius 2 is 1.93 bits per heavy atom. The molecule has 2 aromatic rings. The van der Waals surface area contributed by atoms with E-state index in [-0.39, 0.29) is 17.2 Å². The molecule has 1 heterocycles. The van der Waals surface area contributed by atoms with Crippen molar-refractivity contribution in [1.82, 2.24) is 5.32 Å². The number of carbonyl (C=O) groups excluding carboxylic acids is 1. The summed E-state index contributed by atoms with van der Waals surface area (Å²) in [5.41, 5.74) is 0.0605. The molecule has 1 unspecified atom stereocenters. The molecule has 146 valence electrons. The minimum atomic E-state index is -4.49. The first-order chi connectivity index (χ1) is 12.5. The van der Waals surface area contributed by atoms with Crippen molar-refractivity contribution < 1.29 is 32.3 Å². The van der Waals surface area contributed by atoms with Gasteiger partial charge in [0.2, 0.25) is 0 Å². The number of carbonyl (C=O) groups is 2. The third-order valence-corrected chi connectivity index (χ3v) is 4.12. The van der Waals surface area contributed by atoms with Crippen LogP contribution in [0, 0.1) is 12.8 Å². The van der Waals surface area contributed by atoms with Crippen LogP contribution in [0.3, 0.4) is 0 Å². The topological polar surface area (TPSA) is 79.5 Å². The maximum atomic E-state index is 13.0. The van der Waals surface area contributed by atoms with E-state index in [1.54, 1.807) is 20.8 Å². The van der Waals surface area contributed by atoms with Crippen molar-refractivity contribution in [2.75, 3.05) is 0 Å². The molecule has 1 aromatic carbocycles. The number of amides is 1. The highest BCUT2D eigenvalue weighted by Gasteiger charge is 2.32. The molecule has 5 nitrogen and oxygen atoms in total. The monoisotopic (exact) mass is 383 g/mol. The Morgan fingerprint density at radius 3 is 2.48 bits per heavy atom. The molecule has 1 aromatic heterocycles. The van der Waals surface area contributed by atoms with Gasteiger partial charge in [0, 0.05) is 5.56 Å². The van der Waals surface area contributed by atoms with Crippen LogP contribution >= 0.6 is 0 Å². The summed E-state index contributed by atoms with van der Waals surface area (Å²) in [5.74, 6) is -1.94. The number of aliphatic carboxylic acids is 1. The molecule has 0 aliphatic heterocycles. The molecule has 0 saturated heterocycles. The molecular formula is C19H20F3NO4. The zero-order valence-electron chi connectivity index (χ0n) is 15.1. The highest BCUT2D eigenvalue weighted by molar-refractivity contribution is 5.97. The van der Waals surface area contributed by atoms with Crippen LogP contribution in [0.2, 0.25) is 0 Å². The molecule has 1 amide bonds. The van der Waals surface area contributed by atoms with Crippen LogP contribution in [0.15, 0.2) is 34.9 Å². The number of carboxylic acids is 1. The zero-order valence-corrected chi connectivity index (χ0v) is 15.1. The summed E-state index contributed by atoms with van der Waals surface area (Å²) in [5, 5.41) is 11.6. The molecule has 0 fully saturated rings. The van der Waals surface area contributed by atoms with Gasteiger partial charge in [0.05, 0.1) is 23.4 Å². The largest absolute Gasteiger partial charge is 0.481 e. The SMILES string of the molecule is Cc1coc(CC(=O)O)c1C(=O)NC(c1cccc(C(F)(F)F)c1)C(C)C. The maximum Gasteiger partial charge on any atom is 0.416 e. The molecule has 2 rings (SSSR count). The Kier molecular flexibility index (Phi) is 5.98. The van der Waals surface area contributed by atoms with Crippen LogP contribution in [0.25, 0.3) is 0 Å². The second-order valence-corrected chi connectivity index (χ2v) is 6.61. The molecule has 8 heteroatoms. The van der Waals surface area contributed by atoms with Gasteiger partial charge in [-0.25, -0.2) is 0 Å². The number of halogens is 3. The third kappa shape index (κ3) is 4.90. The van der Waals surface area contributed by atoms with Crippen molar-refractivity contribution in [1.29, 1.82) is 0 Å². The number of carboxylic acid groups (broad SMARTS) is 1. The lowest BCUT2D eigenvalue weighted by Gasteiger charge is -2.24. The molecule has 2 N–H and O–H groups in total. The Labute approximate surface area is 154 Å². The molecular weight excluding hydrogens is 363 g/mol. The third-order valence-electron chi connectivity index (χ3n) is 4.12. The minimum absolute atomic E-state index is 0.00375. The second-order valence-electron chi connectivity index (χ2n) is 6.61. The summed E-state index contributed by atoms with van der Waals surface area (Å²) < 4.78 is 44.1. The van der Waals surface area contributed by atoms with Crippen LogP contribution in [0.1, 0.15) is 52.7 Å². The molecule has 0 saturated carbocycles. The van der Waals surface area contributed by atoms with Crippen molar-refractivity contribution in [3.8, 4) is 0 Å². The molecule has 0 bridgehead atoms. The Morgan fingerprint density at radius 1 is 1.26 bits per heavy atom. The second kappa shape index (κ2) is 7.85. The van der Waals surface area contributed by atoms with E-state index in [1.807, 2.05) is 0 Å². The molecule has 27 heavy (non-hydrogen) atoms. The number of hydrogen-bond acceptors (Lipinski definition) is 3. The summed E-state index contributed by atoms with van der Waals surface area (Å²) in [6.45, 7) is 5.13. The van der Waals surface area contributed by atoms with Crippen LogP contribution in [0.4, 0.5) is 13.2 Å². The smallest absolute Gasteiger partial charge is 0.416 e. The van der Waals surface area contributed by atoms with Crippen molar-refractivity contribution in [2.45, 2.75) is 39.4 Å². The number of rotatable bonds is 6. The number of alkyl halides is 3. The Balaban J connectivity index is 2.34. The average Bonchev–Trinajstić information content (AvgIpc) is 2.91. The summed E-state index contributed by atoms with van der Waals surface area (Å²) in [6, 6.07) is 4.09. The molecule has 1 atom stereocenters. The van der Waals surface area contributed by atoms with Crippen LogP contribution in [0.5, 0.6) is 0 Å². The van der Waals surface area contributed by atoms with E-state index in [1.165, 1.54) is 18.4 Å². The summed E-state index contributed by atoms with van der Waals surface area (Å²) in [6.07, 6.45) is -3.67. The van der Waals surface area contributed by atoms with E-state index >= 15 is 0 Å². The van der Waals surface area contributed by atoms with Gasteiger partial charge in [-0.2, -0.15) is 13.2 Å². The quantitative estimate of drug-likeness (QED) is 0.777. The predicted molar refractivity (Wildman–Crippen MR) is 91.3 cm³/mol. The minimum Gasteiger partial charge on any atom is -0.481 e. The number of nitrogens with one attached hydrogen (secondary N) is 1. The molecule has 0 aliphatic rings. The Hall–Kier alpha value is -2.77. The highest BCUT2D eigenvalue weighted by atomic mass is 19.4. The lowest BCUT2D eigenvalue weighted by molar-refractivity contribution is -0.138. The van der Waals surface area contributed by atoms with E-state index in [2.05, 4.69) is 5.32 Å². The number of aryl methyl sites for hydroxylation is 1. The fraction of sp³-hybridized carbons (Fsp3) is 0.368. The lowest BCUT2D eigenvalue weighted by atomic mass is 9.94. The van der Waals surface area contributed by atoms with Gasteiger partial charge < -0.3 is 14.8 Å². The first kappa shape index (κ1) is 20.5. The van der Waals surface area contributed by atoms with Gasteiger partial charge >= 0.3 is 12.1 Å². The van der Waals surface area contributed by atoms with Gasteiger partial charge in [-0.1, -0.05) is 26.0 Å². The average molecular weight is 383 g/mol. The predicted octanol–water partition coefficient (Wildman–Crippen LogP) is 4.36. The number of benzene rings is 1. The zero-order chi connectivity index (χ0) is 20.4. The van der Waals surface area contributed by atoms with Gasteiger partial charge in [0.25, 0.3) is 5.91 Å². The van der Waals surface area contributed by atoms with Crippen molar-refractivity contribution >= 4 is 11.9 Å². The first-order valence-corrected chi connectivity index (χ1v) is 8.27. The van der Waals surface area contributed by atoms with Gasteiger partial charge in [-0.05, 0) is 30.5 Å². The van der Waals surface area contributed by atoms with E-state index in [0.29, 0.717) is 11.1 Å². The van der Waals surface area contributed by atoms with Gasteiger partial charge in [0.15, 0.2) is 0 Å². The molecule has 0 aliphatic carbocycles. The van der Waals surface area contributed by atoms with Crippen LogP contribution in [-0.4, -0.2) is 17.0 Å². The van der Waals surface area contributed by atoms with E-state index in [0.717, 1.165) is 12.1 Å². The fourth-order valence-corrected chi connectivity index (χ4v) is 2.83. The van der Waals surface area contributed by atoms with Crippen LogP contribution < -0.4 is 5.32 Å². The number of furan rings is 1.